The number of nitrogens with one attached hydrogen (secondary N) is 1. The van der Waals surface area contributed by atoms with Gasteiger partial charge in [0.2, 0.25) is 0 Å². The second-order valence-electron chi connectivity index (χ2n) is 5.88. The predicted molar refractivity (Wildman–Crippen MR) is 90.8 cm³/mol. The quantitative estimate of drug-likeness (QED) is 0.786. The van der Waals surface area contributed by atoms with Gasteiger partial charge in [0.15, 0.2) is 0 Å². The monoisotopic (exact) mass is 285 g/mol. The third-order valence-electron chi connectivity index (χ3n) is 3.66. The summed E-state index contributed by atoms with van der Waals surface area (Å²) in [5, 5.41) is 6.28. The van der Waals surface area contributed by atoms with Crippen LogP contribution in [0.5, 0.6) is 0 Å². The average Bonchev–Trinajstić information content (AvgIpc) is 2.50. The summed E-state index contributed by atoms with van der Waals surface area (Å²) in [6.45, 7) is 8.19. The Bertz CT molecular complexity index is 545. The van der Waals surface area contributed by atoms with E-state index in [4.69, 9.17) is 4.74 Å². The van der Waals surface area contributed by atoms with Crippen LogP contribution < -0.4 is 5.32 Å². The van der Waals surface area contributed by atoms with Crippen LogP contribution in [0.15, 0.2) is 42.5 Å². The van der Waals surface area contributed by atoms with Gasteiger partial charge in [0.25, 0.3) is 0 Å². The van der Waals surface area contributed by atoms with E-state index in [2.05, 4.69) is 68.6 Å². The molecule has 0 bridgehead atoms. The Morgan fingerprint density at radius 2 is 1.81 bits per heavy atom. The minimum Gasteiger partial charge on any atom is -0.377 e. The molecule has 0 aliphatic heterocycles. The van der Waals surface area contributed by atoms with E-state index >= 15 is 0 Å². The molecule has 0 amide bonds. The fourth-order valence-corrected chi connectivity index (χ4v) is 2.58. The Balaban J connectivity index is 2.13. The fraction of sp³-hybridized carbons (Fsp3) is 0.474. The summed E-state index contributed by atoms with van der Waals surface area (Å²) in [7, 11) is 0. The number of rotatable bonds is 8. The molecule has 2 heteroatoms. The molecule has 1 atom stereocenters. The molecular weight excluding hydrogens is 258 g/mol. The molecule has 0 aliphatic carbocycles. The summed E-state index contributed by atoms with van der Waals surface area (Å²) in [5.41, 5.74) is 1.40. The van der Waals surface area contributed by atoms with Crippen molar-refractivity contribution < 1.29 is 4.74 Å². The first-order valence-electron chi connectivity index (χ1n) is 8.02. The highest BCUT2D eigenvalue weighted by Crippen LogP contribution is 2.20. The van der Waals surface area contributed by atoms with Gasteiger partial charge < -0.3 is 10.1 Å². The van der Waals surface area contributed by atoms with Crippen LogP contribution in [0, 0.1) is 0 Å². The van der Waals surface area contributed by atoms with Crippen LogP contribution in [0.25, 0.3) is 10.8 Å². The first-order valence-corrected chi connectivity index (χ1v) is 8.02. The molecule has 0 fully saturated rings. The summed E-state index contributed by atoms with van der Waals surface area (Å²) in [5.74, 6) is 0. The minimum absolute atomic E-state index is 0.281. The highest BCUT2D eigenvalue weighted by atomic mass is 16.5. The SMILES string of the molecule is CCCNC(COC(C)C)Cc1cccc2ccccc12. The number of benzene rings is 2. The molecule has 2 rings (SSSR count). The third-order valence-corrected chi connectivity index (χ3v) is 3.66. The van der Waals surface area contributed by atoms with E-state index in [1.54, 1.807) is 0 Å². The largest absolute Gasteiger partial charge is 0.377 e. The summed E-state index contributed by atoms with van der Waals surface area (Å²) in [6, 6.07) is 15.5. The van der Waals surface area contributed by atoms with Crippen molar-refractivity contribution in [2.24, 2.45) is 0 Å². The van der Waals surface area contributed by atoms with E-state index in [0.29, 0.717) is 6.04 Å². The van der Waals surface area contributed by atoms with Crippen LogP contribution >= 0.6 is 0 Å². The lowest BCUT2D eigenvalue weighted by Crippen LogP contribution is -2.36. The molecule has 0 spiro atoms. The highest BCUT2D eigenvalue weighted by Gasteiger charge is 2.12. The van der Waals surface area contributed by atoms with Crippen molar-refractivity contribution in [2.75, 3.05) is 13.2 Å². The first-order chi connectivity index (χ1) is 10.2. The van der Waals surface area contributed by atoms with Crippen molar-refractivity contribution in [1.82, 2.24) is 5.32 Å². The first kappa shape index (κ1) is 16.0. The van der Waals surface area contributed by atoms with Crippen LogP contribution in [-0.4, -0.2) is 25.3 Å². The Hall–Kier alpha value is -1.38. The van der Waals surface area contributed by atoms with E-state index in [1.165, 1.54) is 16.3 Å². The highest BCUT2D eigenvalue weighted by molar-refractivity contribution is 5.85. The zero-order chi connectivity index (χ0) is 15.1. The maximum absolute atomic E-state index is 5.82. The molecule has 1 N–H and O–H groups in total. The van der Waals surface area contributed by atoms with Crippen molar-refractivity contribution in [3.63, 3.8) is 0 Å². The maximum Gasteiger partial charge on any atom is 0.0626 e. The van der Waals surface area contributed by atoms with E-state index in [0.717, 1.165) is 26.0 Å². The lowest BCUT2D eigenvalue weighted by atomic mass is 9.99. The van der Waals surface area contributed by atoms with Crippen molar-refractivity contribution >= 4 is 10.8 Å². The predicted octanol–water partition coefficient (Wildman–Crippen LogP) is 4.18. The average molecular weight is 285 g/mol. The Kier molecular flexibility index (Phi) is 6.21. The molecule has 2 aromatic carbocycles. The molecular formula is C19H27NO. The molecule has 21 heavy (non-hydrogen) atoms. The number of ether oxygens (including phenoxy) is 1. The van der Waals surface area contributed by atoms with Crippen molar-refractivity contribution in [2.45, 2.75) is 45.8 Å². The van der Waals surface area contributed by atoms with Crippen molar-refractivity contribution in [3.05, 3.63) is 48.0 Å². The summed E-state index contributed by atoms with van der Waals surface area (Å²) >= 11 is 0. The topological polar surface area (TPSA) is 21.3 Å². The third kappa shape index (κ3) is 4.83. The van der Waals surface area contributed by atoms with Gasteiger partial charge >= 0.3 is 0 Å². The van der Waals surface area contributed by atoms with Crippen LogP contribution in [0.2, 0.25) is 0 Å². The Labute approximate surface area is 128 Å². The van der Waals surface area contributed by atoms with Gasteiger partial charge in [-0.15, -0.1) is 0 Å². The molecule has 0 saturated carbocycles. The zero-order valence-corrected chi connectivity index (χ0v) is 13.4. The van der Waals surface area contributed by atoms with Crippen LogP contribution in [0.4, 0.5) is 0 Å². The zero-order valence-electron chi connectivity index (χ0n) is 13.4. The van der Waals surface area contributed by atoms with Crippen LogP contribution in [-0.2, 0) is 11.2 Å². The Morgan fingerprint density at radius 3 is 2.57 bits per heavy atom. The van der Waals surface area contributed by atoms with Crippen LogP contribution in [0.1, 0.15) is 32.8 Å². The standard InChI is InChI=1S/C19H27NO/c1-4-12-20-18(14-21-15(2)3)13-17-10-7-9-16-8-5-6-11-19(16)17/h5-11,15,18,20H,4,12-14H2,1-3H3. The fourth-order valence-electron chi connectivity index (χ4n) is 2.58. The molecule has 2 nitrogen and oxygen atoms in total. The lowest BCUT2D eigenvalue weighted by Gasteiger charge is -2.21. The van der Waals surface area contributed by atoms with Gasteiger partial charge in [0, 0.05) is 6.04 Å². The summed E-state index contributed by atoms with van der Waals surface area (Å²) < 4.78 is 5.82. The molecule has 114 valence electrons. The maximum atomic E-state index is 5.82. The van der Waals surface area contributed by atoms with Crippen LogP contribution in [0.3, 0.4) is 0 Å². The van der Waals surface area contributed by atoms with Gasteiger partial charge in [-0.05, 0) is 49.6 Å². The van der Waals surface area contributed by atoms with E-state index < -0.39 is 0 Å². The van der Waals surface area contributed by atoms with Gasteiger partial charge in [0.05, 0.1) is 12.7 Å². The molecule has 0 heterocycles. The normalized spacial score (nSPS) is 13.0. The summed E-state index contributed by atoms with van der Waals surface area (Å²) in [6.07, 6.45) is 2.44. The second-order valence-corrected chi connectivity index (χ2v) is 5.88. The molecule has 2 aromatic rings. The number of hydrogen-bond donors (Lipinski definition) is 1. The Morgan fingerprint density at radius 1 is 1.05 bits per heavy atom. The van der Waals surface area contributed by atoms with Gasteiger partial charge in [-0.3, -0.25) is 0 Å². The van der Waals surface area contributed by atoms with E-state index in [9.17, 15) is 0 Å². The minimum atomic E-state index is 0.281. The van der Waals surface area contributed by atoms with Crippen molar-refractivity contribution in [3.8, 4) is 0 Å². The number of hydrogen-bond acceptors (Lipinski definition) is 2. The summed E-state index contributed by atoms with van der Waals surface area (Å²) in [4.78, 5) is 0. The van der Waals surface area contributed by atoms with Gasteiger partial charge in [-0.2, -0.15) is 0 Å². The molecule has 0 radical (unpaired) electrons. The lowest BCUT2D eigenvalue weighted by molar-refractivity contribution is 0.0613. The second kappa shape index (κ2) is 8.16. The molecule has 0 aromatic heterocycles. The van der Waals surface area contributed by atoms with E-state index in [-0.39, 0.29) is 6.10 Å². The van der Waals surface area contributed by atoms with Crippen molar-refractivity contribution in [1.29, 1.82) is 0 Å². The molecule has 1 unspecified atom stereocenters. The van der Waals surface area contributed by atoms with E-state index in [1.807, 2.05) is 0 Å². The molecule has 0 aliphatic rings. The smallest absolute Gasteiger partial charge is 0.0626 e. The van der Waals surface area contributed by atoms with Gasteiger partial charge in [-0.1, -0.05) is 49.4 Å². The molecule has 0 saturated heterocycles. The van der Waals surface area contributed by atoms with Gasteiger partial charge in [-0.25, -0.2) is 0 Å². The number of fused-ring (bicyclic) bond motifs is 1. The van der Waals surface area contributed by atoms with Gasteiger partial charge in [0.1, 0.15) is 0 Å².